The first kappa shape index (κ1) is 11.5. The van der Waals surface area contributed by atoms with Gasteiger partial charge in [0.2, 0.25) is 0 Å². The number of hydrogen-bond acceptors (Lipinski definition) is 1. The van der Waals surface area contributed by atoms with Crippen molar-refractivity contribution in [2.75, 3.05) is 19.6 Å². The van der Waals surface area contributed by atoms with Crippen molar-refractivity contribution in [3.05, 3.63) is 23.8 Å². The Morgan fingerprint density at radius 3 is 2.43 bits per heavy atom. The summed E-state index contributed by atoms with van der Waals surface area (Å²) in [5, 5.41) is 0. The van der Waals surface area contributed by atoms with Crippen LogP contribution in [0.2, 0.25) is 0 Å². The van der Waals surface area contributed by atoms with Crippen LogP contribution >= 0.6 is 0 Å². The summed E-state index contributed by atoms with van der Waals surface area (Å²) >= 11 is 0. The van der Waals surface area contributed by atoms with Crippen LogP contribution in [0.25, 0.3) is 0 Å². The lowest BCUT2D eigenvalue weighted by atomic mass is 10.1. The van der Waals surface area contributed by atoms with Gasteiger partial charge in [0, 0.05) is 6.54 Å². The van der Waals surface area contributed by atoms with Crippen LogP contribution in [0.5, 0.6) is 0 Å². The lowest BCUT2D eigenvalue weighted by Crippen LogP contribution is -2.31. The van der Waals surface area contributed by atoms with Gasteiger partial charge < -0.3 is 0 Å². The number of hydrogen-bond donors (Lipinski definition) is 0. The van der Waals surface area contributed by atoms with Gasteiger partial charge in [0.15, 0.2) is 0 Å². The van der Waals surface area contributed by atoms with Crippen LogP contribution in [0, 0.1) is 0 Å². The van der Waals surface area contributed by atoms with Crippen LogP contribution in [0.15, 0.2) is 23.8 Å². The molecule has 0 saturated carbocycles. The Bertz CT molecular complexity index is 209. The number of piperidine rings is 1. The van der Waals surface area contributed by atoms with E-state index in [1.807, 2.05) is 0 Å². The van der Waals surface area contributed by atoms with Crippen LogP contribution in [0.4, 0.5) is 0 Å². The van der Waals surface area contributed by atoms with Gasteiger partial charge in [0.25, 0.3) is 0 Å². The van der Waals surface area contributed by atoms with Crippen molar-refractivity contribution in [3.8, 4) is 0 Å². The molecule has 80 valence electrons. The van der Waals surface area contributed by atoms with Gasteiger partial charge >= 0.3 is 0 Å². The van der Waals surface area contributed by atoms with Crippen molar-refractivity contribution in [2.45, 2.75) is 39.5 Å². The molecular formula is C13H23N. The van der Waals surface area contributed by atoms with E-state index in [0.717, 1.165) is 13.0 Å². The third-order valence-corrected chi connectivity index (χ3v) is 2.72. The van der Waals surface area contributed by atoms with Crippen LogP contribution in [-0.2, 0) is 0 Å². The summed E-state index contributed by atoms with van der Waals surface area (Å²) in [5.41, 5.74) is 2.75. The van der Waals surface area contributed by atoms with E-state index in [9.17, 15) is 0 Å². The molecule has 14 heavy (non-hydrogen) atoms. The molecule has 1 nitrogen and oxygen atoms in total. The molecule has 0 amide bonds. The maximum Gasteiger partial charge on any atom is 0.0190 e. The highest BCUT2D eigenvalue weighted by molar-refractivity contribution is 5.07. The zero-order valence-electron chi connectivity index (χ0n) is 9.68. The topological polar surface area (TPSA) is 3.24 Å². The van der Waals surface area contributed by atoms with E-state index < -0.39 is 0 Å². The molecule has 1 heterocycles. The van der Waals surface area contributed by atoms with Crippen LogP contribution < -0.4 is 0 Å². The van der Waals surface area contributed by atoms with Crippen LogP contribution in [0.3, 0.4) is 0 Å². The normalized spacial score (nSPS) is 19.7. The largest absolute Gasteiger partial charge is 0.299 e. The van der Waals surface area contributed by atoms with E-state index in [1.54, 1.807) is 0 Å². The van der Waals surface area contributed by atoms with E-state index in [1.165, 1.54) is 43.5 Å². The zero-order valence-corrected chi connectivity index (χ0v) is 9.68. The third-order valence-electron chi connectivity index (χ3n) is 2.72. The Morgan fingerprint density at radius 2 is 1.86 bits per heavy atom. The lowest BCUT2D eigenvalue weighted by molar-refractivity contribution is 0.246. The predicted molar refractivity (Wildman–Crippen MR) is 63.5 cm³/mol. The molecule has 0 aliphatic carbocycles. The van der Waals surface area contributed by atoms with Crippen molar-refractivity contribution >= 4 is 0 Å². The minimum Gasteiger partial charge on any atom is -0.299 e. The average Bonchev–Trinajstić information content (AvgIpc) is 2.16. The van der Waals surface area contributed by atoms with Gasteiger partial charge in [-0.1, -0.05) is 30.2 Å². The Kier molecular flexibility index (Phi) is 4.95. The molecule has 1 fully saturated rings. The summed E-state index contributed by atoms with van der Waals surface area (Å²) in [7, 11) is 0. The standard InChI is InChI=1S/C13H23N/c1-12(2)7-8-13(3)11-14-9-5-4-6-10-14/h8H,1,4-7,9-11H2,2-3H3. The van der Waals surface area contributed by atoms with Gasteiger partial charge in [-0.05, 0) is 46.2 Å². The van der Waals surface area contributed by atoms with Crippen molar-refractivity contribution in [3.63, 3.8) is 0 Å². The Morgan fingerprint density at radius 1 is 1.21 bits per heavy atom. The Hall–Kier alpha value is -0.560. The number of likely N-dealkylation sites (tertiary alicyclic amines) is 1. The second-order valence-corrected chi connectivity index (χ2v) is 4.55. The van der Waals surface area contributed by atoms with Crippen molar-refractivity contribution < 1.29 is 0 Å². The average molecular weight is 193 g/mol. The molecule has 1 aliphatic rings. The van der Waals surface area contributed by atoms with Crippen LogP contribution in [-0.4, -0.2) is 24.5 Å². The highest BCUT2D eigenvalue weighted by Crippen LogP contribution is 2.11. The molecule has 0 unspecified atom stereocenters. The molecule has 0 N–H and O–H groups in total. The van der Waals surface area contributed by atoms with Crippen molar-refractivity contribution in [1.29, 1.82) is 0 Å². The summed E-state index contributed by atoms with van der Waals surface area (Å²) in [6.45, 7) is 12.0. The molecule has 1 heteroatoms. The summed E-state index contributed by atoms with van der Waals surface area (Å²) in [6.07, 6.45) is 7.54. The number of allylic oxidation sites excluding steroid dienone is 2. The first-order chi connectivity index (χ1) is 6.68. The number of nitrogens with zero attached hydrogens (tertiary/aromatic N) is 1. The molecule has 0 radical (unpaired) electrons. The molecule has 0 bridgehead atoms. The molecule has 0 spiro atoms. The van der Waals surface area contributed by atoms with Crippen molar-refractivity contribution in [2.24, 2.45) is 0 Å². The first-order valence-electron chi connectivity index (χ1n) is 5.71. The fourth-order valence-electron chi connectivity index (χ4n) is 1.88. The van der Waals surface area contributed by atoms with Crippen molar-refractivity contribution in [1.82, 2.24) is 4.90 Å². The molecule has 0 aromatic heterocycles. The molecule has 0 aromatic rings. The van der Waals surface area contributed by atoms with E-state index in [0.29, 0.717) is 0 Å². The predicted octanol–water partition coefficient (Wildman–Crippen LogP) is 3.38. The Labute approximate surface area is 88.5 Å². The minimum atomic E-state index is 1.04. The van der Waals surface area contributed by atoms with Gasteiger partial charge in [-0.2, -0.15) is 0 Å². The first-order valence-corrected chi connectivity index (χ1v) is 5.71. The summed E-state index contributed by atoms with van der Waals surface area (Å²) in [5.74, 6) is 0. The van der Waals surface area contributed by atoms with E-state index in [-0.39, 0.29) is 0 Å². The molecular weight excluding hydrogens is 170 g/mol. The summed E-state index contributed by atoms with van der Waals surface area (Å²) < 4.78 is 0. The lowest BCUT2D eigenvalue weighted by Gasteiger charge is -2.26. The number of rotatable bonds is 4. The molecule has 1 aliphatic heterocycles. The van der Waals surface area contributed by atoms with E-state index in [4.69, 9.17) is 0 Å². The van der Waals surface area contributed by atoms with E-state index in [2.05, 4.69) is 31.4 Å². The fraction of sp³-hybridized carbons (Fsp3) is 0.692. The van der Waals surface area contributed by atoms with Crippen LogP contribution in [0.1, 0.15) is 39.5 Å². The monoisotopic (exact) mass is 193 g/mol. The second-order valence-electron chi connectivity index (χ2n) is 4.55. The highest BCUT2D eigenvalue weighted by Gasteiger charge is 2.09. The molecule has 1 rings (SSSR count). The summed E-state index contributed by atoms with van der Waals surface area (Å²) in [4.78, 5) is 2.56. The van der Waals surface area contributed by atoms with Gasteiger partial charge in [-0.3, -0.25) is 4.90 Å². The molecule has 1 saturated heterocycles. The smallest absolute Gasteiger partial charge is 0.0190 e. The molecule has 0 atom stereocenters. The third kappa shape index (κ3) is 4.61. The maximum absolute atomic E-state index is 3.92. The maximum atomic E-state index is 3.92. The SMILES string of the molecule is C=C(C)CC=C(C)CN1CCCCC1. The van der Waals surface area contributed by atoms with Gasteiger partial charge in [-0.25, -0.2) is 0 Å². The highest BCUT2D eigenvalue weighted by atomic mass is 15.1. The summed E-state index contributed by atoms with van der Waals surface area (Å²) in [6, 6.07) is 0. The second kappa shape index (κ2) is 6.02. The zero-order chi connectivity index (χ0) is 10.4. The van der Waals surface area contributed by atoms with Gasteiger partial charge in [0.05, 0.1) is 0 Å². The van der Waals surface area contributed by atoms with Gasteiger partial charge in [-0.15, -0.1) is 0 Å². The minimum absolute atomic E-state index is 1.04. The molecule has 0 aromatic carbocycles. The quantitative estimate of drug-likeness (QED) is 0.619. The van der Waals surface area contributed by atoms with Gasteiger partial charge in [0.1, 0.15) is 0 Å². The Balaban J connectivity index is 2.27. The van der Waals surface area contributed by atoms with E-state index >= 15 is 0 Å². The fourth-order valence-corrected chi connectivity index (χ4v) is 1.88.